The fourth-order valence-electron chi connectivity index (χ4n) is 3.32. The van der Waals surface area contributed by atoms with Crippen LogP contribution < -0.4 is 5.14 Å². The van der Waals surface area contributed by atoms with Gasteiger partial charge in [-0.3, -0.25) is 4.79 Å². The molecule has 6 heteroatoms. The number of hydrogen-bond acceptors (Lipinski definition) is 3. The van der Waals surface area contributed by atoms with Crippen molar-refractivity contribution in [1.29, 1.82) is 0 Å². The van der Waals surface area contributed by atoms with Gasteiger partial charge in [0.05, 0.1) is 16.9 Å². The first-order valence-corrected chi connectivity index (χ1v) is 10.8. The van der Waals surface area contributed by atoms with Crippen LogP contribution in [-0.4, -0.2) is 26.0 Å². The number of aliphatic carboxylic acids is 1. The van der Waals surface area contributed by atoms with Crippen LogP contribution in [-0.2, 0) is 22.2 Å². The second-order valence-electron chi connectivity index (χ2n) is 8.24. The van der Waals surface area contributed by atoms with E-state index in [1.807, 2.05) is 56.3 Å². The van der Waals surface area contributed by atoms with Gasteiger partial charge in [-0.05, 0) is 79.3 Å². The Labute approximate surface area is 180 Å². The summed E-state index contributed by atoms with van der Waals surface area (Å²) in [6, 6.07) is 15.4. The number of nitrogens with two attached hydrogens (primary N) is 1. The summed E-state index contributed by atoms with van der Waals surface area (Å²) < 4.78 is 11.8. The number of hydrogen-bond donors (Lipinski definition) is 3. The van der Waals surface area contributed by atoms with Crippen molar-refractivity contribution in [3.63, 3.8) is 0 Å². The molecule has 0 aliphatic heterocycles. The third-order valence-corrected chi connectivity index (χ3v) is 5.35. The van der Waals surface area contributed by atoms with E-state index in [0.29, 0.717) is 4.90 Å². The topological polar surface area (TPSA) is 101 Å². The van der Waals surface area contributed by atoms with Gasteiger partial charge in [-0.25, -0.2) is 9.35 Å². The predicted molar refractivity (Wildman–Crippen MR) is 123 cm³/mol. The van der Waals surface area contributed by atoms with E-state index in [1.165, 1.54) is 0 Å². The monoisotopic (exact) mass is 427 g/mol. The Kier molecular flexibility index (Phi) is 7.53. The number of rotatable bonds is 4. The highest BCUT2D eigenvalue weighted by atomic mass is 32.2. The quantitative estimate of drug-likeness (QED) is 0.570. The van der Waals surface area contributed by atoms with Gasteiger partial charge in [-0.15, -0.1) is 0 Å². The molecule has 0 spiro atoms. The zero-order valence-electron chi connectivity index (χ0n) is 18.0. The van der Waals surface area contributed by atoms with Gasteiger partial charge < -0.3 is 10.2 Å². The van der Waals surface area contributed by atoms with Crippen LogP contribution in [0.15, 0.2) is 53.4 Å². The minimum absolute atomic E-state index is 0.0681. The summed E-state index contributed by atoms with van der Waals surface area (Å²) in [5.74, 6) is -0.879. The van der Waals surface area contributed by atoms with Crippen LogP contribution in [0.1, 0.15) is 37.5 Å². The highest BCUT2D eigenvalue weighted by Crippen LogP contribution is 2.37. The lowest BCUT2D eigenvalue weighted by Crippen LogP contribution is -2.10. The van der Waals surface area contributed by atoms with Gasteiger partial charge in [-0.1, -0.05) is 42.5 Å². The largest absolute Gasteiger partial charge is 0.481 e. The van der Waals surface area contributed by atoms with Crippen LogP contribution >= 0.6 is 0 Å². The molecule has 160 valence electrons. The van der Waals surface area contributed by atoms with Crippen molar-refractivity contribution in [1.82, 2.24) is 0 Å². The van der Waals surface area contributed by atoms with Crippen molar-refractivity contribution in [3.8, 4) is 11.1 Å². The normalized spacial score (nSPS) is 12.2. The maximum Gasteiger partial charge on any atom is 0.307 e. The molecule has 1 unspecified atom stereocenters. The van der Waals surface area contributed by atoms with Crippen molar-refractivity contribution >= 4 is 27.7 Å². The summed E-state index contributed by atoms with van der Waals surface area (Å²) in [6.07, 6.45) is -0.0681. The summed E-state index contributed by atoms with van der Waals surface area (Å²) in [6.45, 7) is 9.03. The number of carboxylic acid groups (broad SMARTS) is 1. The number of carboxylic acids is 1. The molecule has 3 aromatic rings. The molecule has 0 radical (unpaired) electrons. The average molecular weight is 428 g/mol. The minimum Gasteiger partial charge on any atom is -0.481 e. The molecule has 0 amide bonds. The zero-order valence-corrected chi connectivity index (χ0v) is 18.8. The molecular weight excluding hydrogens is 398 g/mol. The van der Waals surface area contributed by atoms with E-state index < -0.39 is 22.6 Å². The number of aryl methyl sites for hydroxylation is 1. The van der Waals surface area contributed by atoms with Crippen molar-refractivity contribution in [2.24, 2.45) is 5.14 Å². The molecule has 4 N–H and O–H groups in total. The Hall–Kier alpha value is -2.54. The summed E-state index contributed by atoms with van der Waals surface area (Å²) >= 11 is 0. The van der Waals surface area contributed by atoms with E-state index in [4.69, 9.17) is 10.2 Å². The summed E-state index contributed by atoms with van der Waals surface area (Å²) in [7, 11) is -1.60. The average Bonchev–Trinajstić information content (AvgIpc) is 2.61. The van der Waals surface area contributed by atoms with Crippen molar-refractivity contribution in [2.75, 3.05) is 0 Å². The van der Waals surface area contributed by atoms with Crippen molar-refractivity contribution < 1.29 is 19.2 Å². The van der Waals surface area contributed by atoms with Crippen LogP contribution in [0, 0.1) is 13.8 Å². The third kappa shape index (κ3) is 5.98. The van der Waals surface area contributed by atoms with Crippen LogP contribution in [0.3, 0.4) is 0 Å². The molecule has 3 aromatic carbocycles. The standard InChI is InChI=1S/C20H19NO3S.C4H10O/c1-12-10-14-6-3-4-7-16(14)20(17(12)11-19(22)23)15-8-5-9-18(13(15)2)25(21)24;1-4(2,3)5/h3-10H,11,21H2,1-2H3,(H,22,23);5H,1-3H3. The summed E-state index contributed by atoms with van der Waals surface area (Å²) in [5.41, 5.74) is 3.75. The van der Waals surface area contributed by atoms with Gasteiger partial charge in [-0.2, -0.15) is 0 Å². The van der Waals surface area contributed by atoms with Gasteiger partial charge >= 0.3 is 5.97 Å². The van der Waals surface area contributed by atoms with Gasteiger partial charge in [0.2, 0.25) is 0 Å². The van der Waals surface area contributed by atoms with Gasteiger partial charge in [0.15, 0.2) is 0 Å². The van der Waals surface area contributed by atoms with Gasteiger partial charge in [0.25, 0.3) is 0 Å². The Bertz CT molecular complexity index is 1090. The van der Waals surface area contributed by atoms with Gasteiger partial charge in [0, 0.05) is 0 Å². The fraction of sp³-hybridized carbons (Fsp3) is 0.292. The molecule has 0 aliphatic carbocycles. The first-order valence-electron chi connectivity index (χ1n) is 9.61. The number of carbonyl (C=O) groups is 1. The smallest absolute Gasteiger partial charge is 0.307 e. The van der Waals surface area contributed by atoms with Gasteiger partial charge in [0.1, 0.15) is 11.0 Å². The highest BCUT2D eigenvalue weighted by molar-refractivity contribution is 7.82. The molecule has 0 bridgehead atoms. The first-order chi connectivity index (χ1) is 13.9. The molecule has 0 fully saturated rings. The lowest BCUT2D eigenvalue weighted by Gasteiger charge is -2.18. The number of fused-ring (bicyclic) bond motifs is 1. The minimum atomic E-state index is -1.60. The van der Waals surface area contributed by atoms with Crippen molar-refractivity contribution in [3.05, 3.63) is 65.2 Å². The summed E-state index contributed by atoms with van der Waals surface area (Å²) in [4.78, 5) is 12.0. The van der Waals surface area contributed by atoms with Crippen LogP contribution in [0.4, 0.5) is 0 Å². The maximum atomic E-state index is 11.8. The Balaban J connectivity index is 0.000000575. The van der Waals surface area contributed by atoms with E-state index in [-0.39, 0.29) is 6.42 Å². The second kappa shape index (κ2) is 9.51. The molecule has 0 saturated heterocycles. The Morgan fingerprint density at radius 1 is 1.07 bits per heavy atom. The molecule has 1 atom stereocenters. The van der Waals surface area contributed by atoms with Crippen LogP contribution in [0.5, 0.6) is 0 Å². The second-order valence-corrected chi connectivity index (χ2v) is 9.27. The van der Waals surface area contributed by atoms with Crippen LogP contribution in [0.2, 0.25) is 0 Å². The number of aliphatic hydroxyl groups is 1. The molecule has 30 heavy (non-hydrogen) atoms. The third-order valence-electron chi connectivity index (χ3n) is 4.48. The number of benzene rings is 3. The summed E-state index contributed by atoms with van der Waals surface area (Å²) in [5, 5.41) is 25.5. The SMILES string of the molecule is CC(C)(C)O.Cc1cc2ccccc2c(-c2cccc(S(N)=O)c2C)c1CC(=O)O. The lowest BCUT2D eigenvalue weighted by atomic mass is 9.87. The molecule has 0 aliphatic rings. The van der Waals surface area contributed by atoms with E-state index in [2.05, 4.69) is 0 Å². The molecule has 0 aromatic heterocycles. The molecule has 0 saturated carbocycles. The van der Waals surface area contributed by atoms with Crippen molar-refractivity contribution in [2.45, 2.75) is 51.5 Å². The Morgan fingerprint density at radius 2 is 1.67 bits per heavy atom. The maximum absolute atomic E-state index is 11.8. The first kappa shape index (κ1) is 23.7. The van der Waals surface area contributed by atoms with E-state index in [1.54, 1.807) is 26.8 Å². The zero-order chi connectivity index (χ0) is 22.6. The highest BCUT2D eigenvalue weighted by Gasteiger charge is 2.18. The lowest BCUT2D eigenvalue weighted by molar-refractivity contribution is -0.136. The Morgan fingerprint density at radius 3 is 2.23 bits per heavy atom. The van der Waals surface area contributed by atoms with E-state index in [0.717, 1.165) is 38.6 Å². The molecule has 3 rings (SSSR count). The molecular formula is C24H29NO4S. The predicted octanol–water partition coefficient (Wildman–Crippen LogP) is 4.51. The van der Waals surface area contributed by atoms with E-state index in [9.17, 15) is 14.1 Å². The van der Waals surface area contributed by atoms with Crippen LogP contribution in [0.25, 0.3) is 21.9 Å². The molecule has 5 nitrogen and oxygen atoms in total. The molecule has 0 heterocycles. The fourth-order valence-corrected chi connectivity index (χ4v) is 3.94. The van der Waals surface area contributed by atoms with E-state index >= 15 is 0 Å².